The minimum Gasteiger partial charge on any atom is -0.462 e. The summed E-state index contributed by atoms with van der Waals surface area (Å²) in [5, 5.41) is 9.95. The molecule has 0 aliphatic rings. The van der Waals surface area contributed by atoms with Crippen LogP contribution in [0.15, 0.2) is 0 Å². The number of esters is 2. The van der Waals surface area contributed by atoms with Gasteiger partial charge in [-0.1, -0.05) is 201 Å². The van der Waals surface area contributed by atoms with Crippen molar-refractivity contribution >= 4 is 11.9 Å². The molecule has 0 spiro atoms. The molecule has 0 fully saturated rings. The molecule has 0 saturated carbocycles. The van der Waals surface area contributed by atoms with Gasteiger partial charge >= 0.3 is 11.9 Å². The number of aliphatic hydroxyl groups is 1. The summed E-state index contributed by atoms with van der Waals surface area (Å²) >= 11 is 0. The van der Waals surface area contributed by atoms with Crippen LogP contribution >= 0.6 is 0 Å². The average molecular weight is 680 g/mol. The van der Waals surface area contributed by atoms with Crippen molar-refractivity contribution in [1.29, 1.82) is 0 Å². The quantitative estimate of drug-likeness (QED) is 0.0519. The maximum Gasteiger partial charge on any atom is 0.306 e. The Bertz CT molecular complexity index is 678. The molecule has 2 unspecified atom stereocenters. The third kappa shape index (κ3) is 34.8. The summed E-state index contributed by atoms with van der Waals surface area (Å²) < 4.78 is 11.2. The third-order valence-electron chi connectivity index (χ3n) is 9.96. The number of ether oxygens (including phenoxy) is 2. The Morgan fingerprint density at radius 1 is 0.479 bits per heavy atom. The molecule has 2 atom stereocenters. The molecule has 0 saturated heterocycles. The third-order valence-corrected chi connectivity index (χ3v) is 9.96. The molecule has 0 aliphatic carbocycles. The number of unbranched alkanes of at least 4 members (excludes halogenated alkanes) is 28. The molecular formula is C43H83O5. The van der Waals surface area contributed by atoms with Crippen LogP contribution in [0.2, 0.25) is 0 Å². The van der Waals surface area contributed by atoms with Gasteiger partial charge in [-0.3, -0.25) is 9.59 Å². The van der Waals surface area contributed by atoms with Gasteiger partial charge in [-0.05, 0) is 26.2 Å². The molecule has 0 aromatic rings. The lowest BCUT2D eigenvalue weighted by atomic mass is 9.99. The molecule has 0 bridgehead atoms. The molecule has 0 heterocycles. The lowest BCUT2D eigenvalue weighted by Gasteiger charge is -2.22. The van der Waals surface area contributed by atoms with Crippen LogP contribution in [0.3, 0.4) is 0 Å². The summed E-state index contributed by atoms with van der Waals surface area (Å²) in [6.45, 7) is 8.18. The number of carbonyl (C=O) groups is 2. The summed E-state index contributed by atoms with van der Waals surface area (Å²) in [4.78, 5) is 25.0. The maximum atomic E-state index is 12.6. The molecule has 5 nitrogen and oxygen atoms in total. The molecule has 48 heavy (non-hydrogen) atoms. The minimum atomic E-state index is -0.585. The highest BCUT2D eigenvalue weighted by atomic mass is 16.6. The fourth-order valence-electron chi connectivity index (χ4n) is 6.45. The highest BCUT2D eigenvalue weighted by Gasteiger charge is 2.22. The first-order valence-electron chi connectivity index (χ1n) is 21.3. The predicted molar refractivity (Wildman–Crippen MR) is 205 cm³/mol. The van der Waals surface area contributed by atoms with E-state index in [0.717, 1.165) is 31.6 Å². The zero-order valence-corrected chi connectivity index (χ0v) is 32.8. The van der Waals surface area contributed by atoms with Crippen molar-refractivity contribution in [2.45, 2.75) is 252 Å². The van der Waals surface area contributed by atoms with Crippen LogP contribution < -0.4 is 0 Å². The van der Waals surface area contributed by atoms with Crippen molar-refractivity contribution in [3.63, 3.8) is 0 Å². The average Bonchev–Trinajstić information content (AvgIpc) is 3.07. The van der Waals surface area contributed by atoms with E-state index in [4.69, 9.17) is 9.47 Å². The second-order valence-electron chi connectivity index (χ2n) is 14.9. The Balaban J connectivity index is 3.89. The van der Waals surface area contributed by atoms with E-state index in [2.05, 4.69) is 13.8 Å². The van der Waals surface area contributed by atoms with E-state index in [0.29, 0.717) is 19.3 Å². The van der Waals surface area contributed by atoms with Crippen LogP contribution in [-0.4, -0.2) is 35.9 Å². The molecule has 0 aromatic carbocycles. The zero-order chi connectivity index (χ0) is 35.3. The smallest absolute Gasteiger partial charge is 0.306 e. The summed E-state index contributed by atoms with van der Waals surface area (Å²) in [6.07, 6.45) is 38.9. The van der Waals surface area contributed by atoms with Gasteiger partial charge < -0.3 is 14.6 Å². The fraction of sp³-hybridized carbons (Fsp3) is 0.930. The van der Waals surface area contributed by atoms with Crippen molar-refractivity contribution in [1.82, 2.24) is 0 Å². The molecule has 285 valence electrons. The Morgan fingerprint density at radius 3 is 1.08 bits per heavy atom. The summed E-state index contributed by atoms with van der Waals surface area (Å²) in [5.41, 5.74) is 0. The number of hydrogen-bond donors (Lipinski definition) is 1. The van der Waals surface area contributed by atoms with E-state index in [-0.39, 0.29) is 18.5 Å². The molecule has 1 radical (unpaired) electrons. The second-order valence-corrected chi connectivity index (χ2v) is 14.9. The second kappa shape index (κ2) is 37.2. The molecule has 0 aromatic heterocycles. The molecule has 5 heteroatoms. The Hall–Kier alpha value is -1.10. The molecule has 1 N–H and O–H groups in total. The van der Waals surface area contributed by atoms with Gasteiger partial charge in [-0.15, -0.1) is 0 Å². The Morgan fingerprint density at radius 2 is 0.771 bits per heavy atom. The fourth-order valence-corrected chi connectivity index (χ4v) is 6.45. The van der Waals surface area contributed by atoms with Crippen molar-refractivity contribution < 1.29 is 24.2 Å². The maximum absolute atomic E-state index is 12.6. The van der Waals surface area contributed by atoms with Gasteiger partial charge in [0.1, 0.15) is 12.7 Å². The van der Waals surface area contributed by atoms with Crippen LogP contribution in [0.5, 0.6) is 0 Å². The Labute approximate surface area is 299 Å². The van der Waals surface area contributed by atoms with Crippen LogP contribution in [0.25, 0.3) is 0 Å². The first kappa shape index (κ1) is 46.9. The molecular weight excluding hydrogens is 596 g/mol. The van der Waals surface area contributed by atoms with Crippen LogP contribution in [0.4, 0.5) is 0 Å². The van der Waals surface area contributed by atoms with Crippen LogP contribution in [0, 0.1) is 5.92 Å². The van der Waals surface area contributed by atoms with Gasteiger partial charge in [0.25, 0.3) is 0 Å². The minimum absolute atomic E-state index is 0.0617. The van der Waals surface area contributed by atoms with Crippen LogP contribution in [-0.2, 0) is 19.1 Å². The standard InChI is InChI=1S/C43H83O5/c1-5-7-9-11-13-15-17-19-21-23-25-27-29-31-33-35-42(45)47-38-41(37-39(3)40(4)44)48-43(46)36-34-32-30-28-26-24-22-20-18-16-14-12-10-8-6-2/h40-41,44H,5-38H2,1-4H3. The van der Waals surface area contributed by atoms with Gasteiger partial charge in [0.15, 0.2) is 0 Å². The highest BCUT2D eigenvalue weighted by Crippen LogP contribution is 2.19. The Kier molecular flexibility index (Phi) is 36.3. The van der Waals surface area contributed by atoms with Crippen molar-refractivity contribution in [2.75, 3.05) is 6.61 Å². The van der Waals surface area contributed by atoms with Crippen molar-refractivity contribution in [3.8, 4) is 0 Å². The van der Waals surface area contributed by atoms with E-state index in [9.17, 15) is 14.7 Å². The van der Waals surface area contributed by atoms with E-state index in [1.54, 1.807) is 6.92 Å². The van der Waals surface area contributed by atoms with Gasteiger partial charge in [0.2, 0.25) is 0 Å². The summed E-state index contributed by atoms with van der Waals surface area (Å²) in [5.74, 6) is 0.382. The largest absolute Gasteiger partial charge is 0.462 e. The summed E-state index contributed by atoms with van der Waals surface area (Å²) in [7, 11) is 0. The topological polar surface area (TPSA) is 72.8 Å². The zero-order valence-electron chi connectivity index (χ0n) is 32.8. The van der Waals surface area contributed by atoms with E-state index in [1.165, 1.54) is 167 Å². The van der Waals surface area contributed by atoms with E-state index < -0.39 is 12.2 Å². The number of hydrogen-bond acceptors (Lipinski definition) is 5. The molecule has 0 rings (SSSR count). The summed E-state index contributed by atoms with van der Waals surface area (Å²) in [6, 6.07) is 0. The number of rotatable bonds is 38. The number of carbonyl (C=O) groups excluding carboxylic acids is 2. The highest BCUT2D eigenvalue weighted by molar-refractivity contribution is 5.70. The van der Waals surface area contributed by atoms with Crippen molar-refractivity contribution in [2.24, 2.45) is 0 Å². The van der Waals surface area contributed by atoms with E-state index in [1.807, 2.05) is 6.92 Å². The molecule has 0 aliphatic heterocycles. The van der Waals surface area contributed by atoms with E-state index >= 15 is 0 Å². The first-order chi connectivity index (χ1) is 23.4. The van der Waals surface area contributed by atoms with Gasteiger partial charge in [-0.2, -0.15) is 0 Å². The predicted octanol–water partition coefficient (Wildman–Crippen LogP) is 13.3. The van der Waals surface area contributed by atoms with Gasteiger partial charge in [0, 0.05) is 18.8 Å². The van der Waals surface area contributed by atoms with Gasteiger partial charge in [-0.25, -0.2) is 0 Å². The lowest BCUT2D eigenvalue weighted by molar-refractivity contribution is -0.159. The normalized spacial score (nSPS) is 12.8. The lowest BCUT2D eigenvalue weighted by Crippen LogP contribution is -2.29. The SMILES string of the molecule is CCCCCCCCCCCCCCCCCC(=O)OCC(C[C](C)C(C)O)OC(=O)CCCCCCCCCCCCCCCCC. The van der Waals surface area contributed by atoms with Crippen LogP contribution in [0.1, 0.15) is 240 Å². The number of aliphatic hydroxyl groups excluding tert-OH is 1. The van der Waals surface area contributed by atoms with Gasteiger partial charge in [0.05, 0.1) is 6.10 Å². The van der Waals surface area contributed by atoms with Crippen molar-refractivity contribution in [3.05, 3.63) is 5.92 Å². The monoisotopic (exact) mass is 680 g/mol. The molecule has 0 amide bonds. The first-order valence-corrected chi connectivity index (χ1v) is 21.3.